The van der Waals surface area contributed by atoms with Gasteiger partial charge in [-0.05, 0) is 49.7 Å². The Morgan fingerprint density at radius 3 is 2.59 bits per heavy atom. The molecule has 1 unspecified atom stereocenters. The molecule has 3 aromatic rings. The zero-order valence-corrected chi connectivity index (χ0v) is 15.6. The number of phenolic OH excluding ortho intramolecular Hbond substituents is 1. The number of rotatable bonds is 5. The van der Waals surface area contributed by atoms with Crippen molar-refractivity contribution in [3.8, 4) is 22.9 Å². The van der Waals surface area contributed by atoms with Crippen molar-refractivity contribution >= 4 is 23.2 Å². The third-order valence-corrected chi connectivity index (χ3v) is 4.07. The van der Waals surface area contributed by atoms with Crippen LogP contribution < -0.4 is 10.1 Å². The molecule has 0 radical (unpaired) electrons. The highest BCUT2D eigenvalue weighted by Gasteiger charge is 2.16. The fourth-order valence-corrected chi connectivity index (χ4v) is 2.65. The number of hydrogen-bond donors (Lipinski definition) is 2. The highest BCUT2D eigenvalue weighted by atomic mass is 35.5. The Morgan fingerprint density at radius 2 is 1.93 bits per heavy atom. The molecule has 0 aliphatic heterocycles. The monoisotopic (exact) mass is 383 g/mol. The third kappa shape index (κ3) is 4.74. The Hall–Kier alpha value is -3.12. The van der Waals surface area contributed by atoms with E-state index in [1.807, 2.05) is 6.92 Å². The largest absolute Gasteiger partial charge is 0.508 e. The van der Waals surface area contributed by atoms with Gasteiger partial charge in [0, 0.05) is 10.6 Å². The van der Waals surface area contributed by atoms with E-state index in [4.69, 9.17) is 16.3 Å². The number of aromatic hydroxyl groups is 1. The third-order valence-electron chi connectivity index (χ3n) is 3.83. The number of phenols is 1. The number of nitrogens with zero attached hydrogens (tertiary/aromatic N) is 2. The first kappa shape index (κ1) is 18.7. The molecule has 2 N–H and O–H groups in total. The van der Waals surface area contributed by atoms with Crippen molar-refractivity contribution in [3.05, 3.63) is 65.4 Å². The number of benzene rings is 2. The zero-order valence-electron chi connectivity index (χ0n) is 14.8. The highest BCUT2D eigenvalue weighted by Crippen LogP contribution is 2.23. The highest BCUT2D eigenvalue weighted by molar-refractivity contribution is 6.30. The van der Waals surface area contributed by atoms with Crippen LogP contribution in [0.2, 0.25) is 5.02 Å². The van der Waals surface area contributed by atoms with Gasteiger partial charge < -0.3 is 15.2 Å². The van der Waals surface area contributed by atoms with Gasteiger partial charge in [-0.2, -0.15) is 0 Å². The summed E-state index contributed by atoms with van der Waals surface area (Å²) < 4.78 is 5.70. The molecule has 0 aliphatic rings. The van der Waals surface area contributed by atoms with Gasteiger partial charge in [0.05, 0.1) is 18.1 Å². The van der Waals surface area contributed by atoms with Crippen molar-refractivity contribution < 1.29 is 14.6 Å². The lowest BCUT2D eigenvalue weighted by molar-refractivity contribution is -0.122. The fourth-order valence-electron chi connectivity index (χ4n) is 2.42. The van der Waals surface area contributed by atoms with E-state index in [0.29, 0.717) is 27.8 Å². The molecule has 2 aromatic carbocycles. The van der Waals surface area contributed by atoms with Crippen molar-refractivity contribution in [3.63, 3.8) is 0 Å². The Morgan fingerprint density at radius 1 is 1.19 bits per heavy atom. The number of halogens is 1. The first-order valence-electron chi connectivity index (χ1n) is 8.27. The lowest BCUT2D eigenvalue weighted by Gasteiger charge is -2.16. The minimum absolute atomic E-state index is 0.136. The molecule has 1 aromatic heterocycles. The number of carbonyl (C=O) groups excluding carboxylic acids is 1. The minimum Gasteiger partial charge on any atom is -0.508 e. The second-order valence-corrected chi connectivity index (χ2v) is 6.44. The molecular weight excluding hydrogens is 366 g/mol. The van der Waals surface area contributed by atoms with E-state index in [1.165, 1.54) is 12.4 Å². The molecule has 7 heteroatoms. The van der Waals surface area contributed by atoms with E-state index in [1.54, 1.807) is 49.4 Å². The number of aromatic nitrogens is 2. The molecule has 0 bridgehead atoms. The van der Waals surface area contributed by atoms with Crippen molar-refractivity contribution in [2.75, 3.05) is 5.32 Å². The van der Waals surface area contributed by atoms with Crippen LogP contribution in [-0.2, 0) is 4.79 Å². The van der Waals surface area contributed by atoms with Gasteiger partial charge in [0.25, 0.3) is 5.91 Å². The maximum Gasteiger partial charge on any atom is 0.265 e. The van der Waals surface area contributed by atoms with Crippen LogP contribution in [0.1, 0.15) is 12.5 Å². The summed E-state index contributed by atoms with van der Waals surface area (Å²) in [6.45, 7) is 3.52. The quantitative estimate of drug-likeness (QED) is 0.689. The number of amides is 1. The number of anilines is 1. The van der Waals surface area contributed by atoms with E-state index in [0.717, 1.165) is 5.56 Å². The van der Waals surface area contributed by atoms with Gasteiger partial charge in [0.1, 0.15) is 11.5 Å². The predicted octanol–water partition coefficient (Wildman–Crippen LogP) is 4.22. The maximum absolute atomic E-state index is 12.3. The predicted molar refractivity (Wildman–Crippen MR) is 104 cm³/mol. The molecule has 0 saturated heterocycles. The second-order valence-electron chi connectivity index (χ2n) is 6.00. The van der Waals surface area contributed by atoms with Crippen LogP contribution in [0.4, 0.5) is 5.69 Å². The summed E-state index contributed by atoms with van der Waals surface area (Å²) in [4.78, 5) is 20.8. The van der Waals surface area contributed by atoms with E-state index >= 15 is 0 Å². The van der Waals surface area contributed by atoms with Gasteiger partial charge in [-0.1, -0.05) is 23.7 Å². The second kappa shape index (κ2) is 8.05. The summed E-state index contributed by atoms with van der Waals surface area (Å²) in [5.41, 5.74) is 1.98. The Bertz CT molecular complexity index is 961. The molecule has 3 rings (SSSR count). The lowest BCUT2D eigenvalue weighted by atomic mass is 10.2. The van der Waals surface area contributed by atoms with Crippen molar-refractivity contribution in [1.82, 2.24) is 9.97 Å². The summed E-state index contributed by atoms with van der Waals surface area (Å²) in [5, 5.41) is 12.9. The lowest BCUT2D eigenvalue weighted by Crippen LogP contribution is -2.30. The van der Waals surface area contributed by atoms with Crippen LogP contribution >= 0.6 is 11.6 Å². The average molecular weight is 384 g/mol. The van der Waals surface area contributed by atoms with Crippen LogP contribution in [-0.4, -0.2) is 27.1 Å². The number of nitrogens with one attached hydrogen (secondary N) is 1. The molecule has 0 fully saturated rings. The molecule has 0 aliphatic carbocycles. The molecule has 0 saturated carbocycles. The summed E-state index contributed by atoms with van der Waals surface area (Å²) in [6, 6.07) is 11.9. The Balaban J connectivity index is 1.65. The van der Waals surface area contributed by atoms with Gasteiger partial charge in [-0.25, -0.2) is 9.97 Å². The number of hydrogen-bond acceptors (Lipinski definition) is 5. The summed E-state index contributed by atoms with van der Waals surface area (Å²) in [5.74, 6) is 0.859. The smallest absolute Gasteiger partial charge is 0.265 e. The van der Waals surface area contributed by atoms with E-state index < -0.39 is 6.10 Å². The van der Waals surface area contributed by atoms with Crippen LogP contribution in [0.25, 0.3) is 11.4 Å². The molecule has 138 valence electrons. The van der Waals surface area contributed by atoms with Crippen molar-refractivity contribution in [1.29, 1.82) is 0 Å². The molecule has 1 amide bonds. The standard InChI is InChI=1S/C20H18ClN3O3/c1-12-8-15(21)6-7-18(12)27-13(2)20(26)24-16-10-22-19(23-11-16)14-4-3-5-17(25)9-14/h3-11,13,25H,1-2H3,(H,24,26). The Labute approximate surface area is 161 Å². The number of ether oxygens (including phenoxy) is 1. The van der Waals surface area contributed by atoms with Gasteiger partial charge in [0.2, 0.25) is 0 Å². The SMILES string of the molecule is Cc1cc(Cl)ccc1OC(C)C(=O)Nc1cnc(-c2cccc(O)c2)nc1. The summed E-state index contributed by atoms with van der Waals surface area (Å²) in [7, 11) is 0. The maximum atomic E-state index is 12.3. The van der Waals surface area contributed by atoms with Crippen LogP contribution in [0.15, 0.2) is 54.9 Å². The van der Waals surface area contributed by atoms with Crippen molar-refractivity contribution in [2.45, 2.75) is 20.0 Å². The van der Waals surface area contributed by atoms with Gasteiger partial charge in [0.15, 0.2) is 11.9 Å². The van der Waals surface area contributed by atoms with Gasteiger partial charge in [-0.3, -0.25) is 4.79 Å². The van der Waals surface area contributed by atoms with Gasteiger partial charge in [-0.15, -0.1) is 0 Å². The van der Waals surface area contributed by atoms with E-state index in [-0.39, 0.29) is 11.7 Å². The molecular formula is C20H18ClN3O3. The molecule has 1 atom stereocenters. The fraction of sp³-hybridized carbons (Fsp3) is 0.150. The van der Waals surface area contributed by atoms with Crippen LogP contribution in [0.3, 0.4) is 0 Å². The topological polar surface area (TPSA) is 84.3 Å². The van der Waals surface area contributed by atoms with Crippen LogP contribution in [0.5, 0.6) is 11.5 Å². The number of aryl methyl sites for hydroxylation is 1. The molecule has 27 heavy (non-hydrogen) atoms. The first-order valence-corrected chi connectivity index (χ1v) is 8.65. The molecule has 0 spiro atoms. The first-order chi connectivity index (χ1) is 12.9. The Kier molecular flexibility index (Phi) is 5.57. The summed E-state index contributed by atoms with van der Waals surface area (Å²) >= 11 is 5.93. The zero-order chi connectivity index (χ0) is 19.4. The minimum atomic E-state index is -0.712. The van der Waals surface area contributed by atoms with E-state index in [2.05, 4.69) is 15.3 Å². The normalized spacial score (nSPS) is 11.7. The van der Waals surface area contributed by atoms with Gasteiger partial charge >= 0.3 is 0 Å². The summed E-state index contributed by atoms with van der Waals surface area (Å²) in [6.07, 6.45) is 2.30. The molecule has 6 nitrogen and oxygen atoms in total. The van der Waals surface area contributed by atoms with Crippen molar-refractivity contribution in [2.24, 2.45) is 0 Å². The number of carbonyl (C=O) groups is 1. The van der Waals surface area contributed by atoms with Crippen LogP contribution in [0, 0.1) is 6.92 Å². The molecule has 1 heterocycles. The average Bonchev–Trinajstić information content (AvgIpc) is 2.64. The van der Waals surface area contributed by atoms with E-state index in [9.17, 15) is 9.90 Å².